The third-order valence-electron chi connectivity index (χ3n) is 11.8. The number of para-hydroxylation sites is 1. The molecule has 0 amide bonds. The summed E-state index contributed by atoms with van der Waals surface area (Å²) in [6.07, 6.45) is 0. The average Bonchev–Trinajstić information content (AvgIpc) is 3.13. The first-order valence-corrected chi connectivity index (χ1v) is 20.1. The Balaban J connectivity index is 1.46. The highest BCUT2D eigenvalue weighted by atomic mass is 15.2. The number of anilines is 6. The first-order chi connectivity index (χ1) is 25.8. The van der Waals surface area contributed by atoms with E-state index in [1.807, 2.05) is 0 Å². The Morgan fingerprint density at radius 2 is 0.764 bits per heavy atom. The van der Waals surface area contributed by atoms with Crippen molar-refractivity contribution in [3.8, 4) is 11.1 Å². The van der Waals surface area contributed by atoms with Crippen LogP contribution in [-0.4, -0.2) is 6.71 Å². The van der Waals surface area contributed by atoms with E-state index in [2.05, 4.69) is 220 Å². The van der Waals surface area contributed by atoms with E-state index in [1.54, 1.807) is 0 Å². The van der Waals surface area contributed by atoms with Crippen LogP contribution in [0.15, 0.2) is 127 Å². The SMILES string of the molecule is CC(C)(C)c1cc(N2c3ccccc3B3c4cc(-c5ccccc5)ccc4N(c4cc(C(C)(C)C)cc(C(C)(C)C)c4)c4cccc2c43)cc(C(C)(C)C)c1. The third-order valence-corrected chi connectivity index (χ3v) is 11.8. The lowest BCUT2D eigenvalue weighted by molar-refractivity contribution is 0.568. The fourth-order valence-electron chi connectivity index (χ4n) is 8.47. The Hall–Kier alpha value is -5.02. The lowest BCUT2D eigenvalue weighted by Crippen LogP contribution is -2.61. The van der Waals surface area contributed by atoms with Gasteiger partial charge in [-0.15, -0.1) is 0 Å². The van der Waals surface area contributed by atoms with E-state index >= 15 is 0 Å². The van der Waals surface area contributed by atoms with E-state index in [-0.39, 0.29) is 28.4 Å². The lowest BCUT2D eigenvalue weighted by atomic mass is 9.33. The number of hydrogen-bond donors (Lipinski definition) is 0. The zero-order chi connectivity index (χ0) is 39.2. The van der Waals surface area contributed by atoms with Gasteiger partial charge < -0.3 is 9.80 Å². The molecule has 278 valence electrons. The van der Waals surface area contributed by atoms with Gasteiger partial charge in [0.25, 0.3) is 6.71 Å². The molecule has 0 spiro atoms. The van der Waals surface area contributed by atoms with Crippen molar-refractivity contribution in [1.29, 1.82) is 0 Å². The molecule has 3 heteroatoms. The minimum Gasteiger partial charge on any atom is -0.311 e. The van der Waals surface area contributed by atoms with Crippen LogP contribution in [-0.2, 0) is 21.7 Å². The molecule has 2 heterocycles. The largest absolute Gasteiger partial charge is 0.311 e. The van der Waals surface area contributed by atoms with Crippen molar-refractivity contribution >= 4 is 57.2 Å². The molecule has 0 N–H and O–H groups in total. The van der Waals surface area contributed by atoms with Crippen LogP contribution in [0.2, 0.25) is 0 Å². The van der Waals surface area contributed by atoms with Crippen LogP contribution in [0.25, 0.3) is 11.1 Å². The third kappa shape index (κ3) is 6.50. The zero-order valence-electron chi connectivity index (χ0n) is 35.1. The minimum atomic E-state index is -0.0109. The van der Waals surface area contributed by atoms with Crippen LogP contribution in [0.4, 0.5) is 34.1 Å². The first kappa shape index (κ1) is 36.9. The van der Waals surface area contributed by atoms with Gasteiger partial charge in [-0.25, -0.2) is 0 Å². The molecular weight excluding hydrogens is 663 g/mol. The molecule has 0 unspecified atom stereocenters. The van der Waals surface area contributed by atoms with Crippen LogP contribution in [0, 0.1) is 0 Å². The second kappa shape index (κ2) is 12.8. The van der Waals surface area contributed by atoms with Gasteiger partial charge in [0.2, 0.25) is 0 Å². The molecule has 0 atom stereocenters. The fourth-order valence-corrected chi connectivity index (χ4v) is 8.47. The number of hydrogen-bond acceptors (Lipinski definition) is 2. The highest BCUT2D eigenvalue weighted by Gasteiger charge is 2.43. The van der Waals surface area contributed by atoms with E-state index in [0.717, 1.165) is 0 Å². The summed E-state index contributed by atoms with van der Waals surface area (Å²) in [6.45, 7) is 28.1. The van der Waals surface area contributed by atoms with Gasteiger partial charge in [0.15, 0.2) is 0 Å². The van der Waals surface area contributed by atoms with Gasteiger partial charge in [-0.1, -0.05) is 162 Å². The number of nitrogens with zero attached hydrogens (tertiary/aromatic N) is 2. The second-order valence-corrected chi connectivity index (χ2v) is 20.0. The van der Waals surface area contributed by atoms with E-state index in [1.165, 1.54) is 83.9 Å². The standard InChI is InChI=1S/C52H57BN2/c1-49(2,3)36-28-37(50(4,5)6)31-40(30-36)54-44-22-17-16-21-42(44)53-43-27-35(34-19-14-13-15-20-34)25-26-45(43)55(47-24-18-23-46(54)48(47)53)41-32-38(51(7,8)9)29-39(33-41)52(10,11)12/h13-33H,1-12H3. The number of benzene rings is 6. The molecule has 0 saturated heterocycles. The van der Waals surface area contributed by atoms with Gasteiger partial charge in [0.05, 0.1) is 0 Å². The monoisotopic (exact) mass is 720 g/mol. The van der Waals surface area contributed by atoms with Crippen molar-refractivity contribution in [1.82, 2.24) is 0 Å². The first-order valence-electron chi connectivity index (χ1n) is 20.1. The molecule has 8 rings (SSSR count). The van der Waals surface area contributed by atoms with Crippen LogP contribution >= 0.6 is 0 Å². The quantitative estimate of drug-likeness (QED) is 0.168. The smallest absolute Gasteiger partial charge is 0.252 e. The van der Waals surface area contributed by atoms with Crippen LogP contribution in [0.1, 0.15) is 105 Å². The van der Waals surface area contributed by atoms with Crippen molar-refractivity contribution in [3.05, 3.63) is 150 Å². The van der Waals surface area contributed by atoms with Gasteiger partial charge in [-0.05, 0) is 120 Å². The van der Waals surface area contributed by atoms with Crippen LogP contribution in [0.3, 0.4) is 0 Å². The lowest BCUT2D eigenvalue weighted by Gasteiger charge is -2.45. The van der Waals surface area contributed by atoms with Crippen LogP contribution in [0.5, 0.6) is 0 Å². The Labute approximate surface area is 331 Å². The summed E-state index contributed by atoms with van der Waals surface area (Å²) < 4.78 is 0. The number of rotatable bonds is 3. The molecule has 2 aliphatic rings. The maximum absolute atomic E-state index is 2.57. The molecule has 0 bridgehead atoms. The fraction of sp³-hybridized carbons (Fsp3) is 0.308. The second-order valence-electron chi connectivity index (χ2n) is 20.0. The van der Waals surface area contributed by atoms with Crippen molar-refractivity contribution in [2.24, 2.45) is 0 Å². The highest BCUT2D eigenvalue weighted by Crippen LogP contribution is 2.47. The van der Waals surface area contributed by atoms with Crippen molar-refractivity contribution in [2.75, 3.05) is 9.80 Å². The molecule has 0 aromatic heterocycles. The van der Waals surface area contributed by atoms with Crippen LogP contribution < -0.4 is 26.2 Å². The minimum absolute atomic E-state index is 0.00359. The van der Waals surface area contributed by atoms with Gasteiger partial charge in [-0.2, -0.15) is 0 Å². The van der Waals surface area contributed by atoms with Gasteiger partial charge >= 0.3 is 0 Å². The summed E-state index contributed by atoms with van der Waals surface area (Å²) in [5, 5.41) is 0. The summed E-state index contributed by atoms with van der Waals surface area (Å²) in [7, 11) is 0. The Kier molecular flexibility index (Phi) is 8.58. The van der Waals surface area contributed by atoms with E-state index < -0.39 is 0 Å². The van der Waals surface area contributed by atoms with E-state index in [9.17, 15) is 0 Å². The molecule has 0 saturated carbocycles. The van der Waals surface area contributed by atoms with Gasteiger partial charge in [0.1, 0.15) is 0 Å². The molecular formula is C52H57BN2. The molecule has 0 fully saturated rings. The topological polar surface area (TPSA) is 6.48 Å². The van der Waals surface area contributed by atoms with Crippen molar-refractivity contribution in [2.45, 2.75) is 105 Å². The summed E-state index contributed by atoms with van der Waals surface area (Å²) >= 11 is 0. The molecule has 6 aromatic rings. The molecule has 2 aliphatic heterocycles. The number of fused-ring (bicyclic) bond motifs is 4. The predicted octanol–water partition coefficient (Wildman–Crippen LogP) is 12.6. The summed E-state index contributed by atoms with van der Waals surface area (Å²) in [5.74, 6) is 0. The Morgan fingerprint density at radius 3 is 1.24 bits per heavy atom. The van der Waals surface area contributed by atoms with Crippen molar-refractivity contribution in [3.63, 3.8) is 0 Å². The molecule has 55 heavy (non-hydrogen) atoms. The maximum Gasteiger partial charge on any atom is 0.252 e. The Morgan fingerprint density at radius 1 is 0.345 bits per heavy atom. The van der Waals surface area contributed by atoms with Gasteiger partial charge in [0, 0.05) is 34.1 Å². The molecule has 0 radical (unpaired) electrons. The molecule has 6 aromatic carbocycles. The normalized spacial score (nSPS) is 14.1. The average molecular weight is 721 g/mol. The summed E-state index contributed by atoms with van der Waals surface area (Å²) in [5.41, 5.74) is 19.3. The zero-order valence-corrected chi connectivity index (χ0v) is 35.1. The van der Waals surface area contributed by atoms with E-state index in [4.69, 9.17) is 0 Å². The molecule has 0 aliphatic carbocycles. The molecule has 2 nitrogen and oxygen atoms in total. The Bertz CT molecular complexity index is 2350. The summed E-state index contributed by atoms with van der Waals surface area (Å²) in [4.78, 5) is 5.13. The summed E-state index contributed by atoms with van der Waals surface area (Å²) in [6, 6.07) is 48.8. The van der Waals surface area contributed by atoms with Gasteiger partial charge in [-0.3, -0.25) is 0 Å². The van der Waals surface area contributed by atoms with E-state index in [0.29, 0.717) is 0 Å². The maximum atomic E-state index is 2.57. The predicted molar refractivity (Wildman–Crippen MR) is 241 cm³/mol. The van der Waals surface area contributed by atoms with Crippen molar-refractivity contribution < 1.29 is 0 Å². The highest BCUT2D eigenvalue weighted by molar-refractivity contribution is 7.00.